The molecule has 3 saturated heterocycles. The van der Waals surface area contributed by atoms with Crippen molar-refractivity contribution in [1.82, 2.24) is 34.4 Å². The Morgan fingerprint density at radius 3 is 2.59 bits per heavy atom. The summed E-state index contributed by atoms with van der Waals surface area (Å²) in [5.74, 6) is 3.23. The molecule has 3 aromatic heterocycles. The Labute approximate surface area is 198 Å². The van der Waals surface area contributed by atoms with Crippen molar-refractivity contribution in [2.75, 3.05) is 44.3 Å². The molecule has 1 N–H and O–H groups in total. The first-order valence-electron chi connectivity index (χ1n) is 12.5. The van der Waals surface area contributed by atoms with Crippen LogP contribution in [0.1, 0.15) is 61.9 Å². The van der Waals surface area contributed by atoms with Gasteiger partial charge in [0.25, 0.3) is 5.56 Å². The van der Waals surface area contributed by atoms with Crippen molar-refractivity contribution in [1.29, 1.82) is 0 Å². The van der Waals surface area contributed by atoms with Gasteiger partial charge in [0.1, 0.15) is 17.5 Å². The molecular formula is C24H32N8O2. The molecule has 6 heterocycles. The largest absolute Gasteiger partial charge is 0.381 e. The molecule has 180 valence electrons. The molecule has 10 heteroatoms. The number of hydrogen-bond donors (Lipinski definition) is 1. The summed E-state index contributed by atoms with van der Waals surface area (Å²) in [4.78, 5) is 34.4. The lowest BCUT2D eigenvalue weighted by Crippen LogP contribution is -2.24. The highest BCUT2D eigenvalue weighted by Gasteiger charge is 2.34. The summed E-state index contributed by atoms with van der Waals surface area (Å²) < 4.78 is 7.28. The number of H-pyrrole nitrogens is 1. The third-order valence-electron chi connectivity index (χ3n) is 7.60. The zero-order valence-corrected chi connectivity index (χ0v) is 19.7. The van der Waals surface area contributed by atoms with Crippen molar-refractivity contribution in [3.8, 4) is 0 Å². The molecule has 0 aliphatic carbocycles. The number of aromatic nitrogens is 6. The number of fused-ring (bicyclic) bond motifs is 1. The van der Waals surface area contributed by atoms with Crippen LogP contribution in [0.3, 0.4) is 0 Å². The summed E-state index contributed by atoms with van der Waals surface area (Å²) >= 11 is 0. The van der Waals surface area contributed by atoms with Crippen LogP contribution in [0.15, 0.2) is 23.4 Å². The van der Waals surface area contributed by atoms with Gasteiger partial charge in [0.15, 0.2) is 5.52 Å². The molecule has 0 bridgehead atoms. The van der Waals surface area contributed by atoms with Crippen LogP contribution in [-0.2, 0) is 11.3 Å². The van der Waals surface area contributed by atoms with E-state index in [2.05, 4.69) is 36.7 Å². The lowest BCUT2D eigenvalue weighted by molar-refractivity contribution is 0.0832. The number of likely N-dealkylation sites (tertiary alicyclic amines) is 1. The molecule has 0 radical (unpaired) electrons. The number of ether oxygens (including phenoxy) is 1. The minimum Gasteiger partial charge on any atom is -0.381 e. The van der Waals surface area contributed by atoms with Gasteiger partial charge in [-0.2, -0.15) is 5.10 Å². The third kappa shape index (κ3) is 4.09. The maximum absolute atomic E-state index is 12.9. The molecule has 3 aliphatic heterocycles. The fourth-order valence-electron chi connectivity index (χ4n) is 5.65. The molecule has 0 amide bonds. The average Bonchev–Trinajstić information content (AvgIpc) is 3.60. The highest BCUT2D eigenvalue weighted by atomic mass is 16.5. The molecule has 0 spiro atoms. The second kappa shape index (κ2) is 9.07. The zero-order chi connectivity index (χ0) is 23.1. The molecule has 3 fully saturated rings. The fourth-order valence-corrected chi connectivity index (χ4v) is 5.65. The van der Waals surface area contributed by atoms with Crippen LogP contribution in [-0.4, -0.2) is 73.8 Å². The minimum absolute atomic E-state index is 0.123. The van der Waals surface area contributed by atoms with Crippen LogP contribution in [0.5, 0.6) is 0 Å². The van der Waals surface area contributed by atoms with Crippen molar-refractivity contribution in [3.63, 3.8) is 0 Å². The summed E-state index contributed by atoms with van der Waals surface area (Å²) in [6.07, 6.45) is 9.86. The molecule has 0 aromatic carbocycles. The van der Waals surface area contributed by atoms with Gasteiger partial charge in [0.05, 0.1) is 30.8 Å². The maximum Gasteiger partial charge on any atom is 0.276 e. The summed E-state index contributed by atoms with van der Waals surface area (Å²) in [6, 6.07) is 0. The summed E-state index contributed by atoms with van der Waals surface area (Å²) in [6.45, 7) is 8.30. The molecular weight excluding hydrogens is 432 g/mol. The topological polar surface area (TPSA) is 105 Å². The Bertz CT molecular complexity index is 1190. The first kappa shape index (κ1) is 21.7. The van der Waals surface area contributed by atoms with Crippen LogP contribution >= 0.6 is 0 Å². The summed E-state index contributed by atoms with van der Waals surface area (Å²) in [7, 11) is 0. The Kier molecular flexibility index (Phi) is 5.78. The predicted octanol–water partition coefficient (Wildman–Crippen LogP) is 1.94. The number of aromatic amines is 1. The van der Waals surface area contributed by atoms with E-state index in [0.29, 0.717) is 18.0 Å². The summed E-state index contributed by atoms with van der Waals surface area (Å²) in [5, 5.41) is 4.90. The van der Waals surface area contributed by atoms with Gasteiger partial charge in [-0.15, -0.1) is 0 Å². The number of imidazole rings is 1. The van der Waals surface area contributed by atoms with Crippen molar-refractivity contribution < 1.29 is 4.74 Å². The smallest absolute Gasteiger partial charge is 0.276 e. The lowest BCUT2D eigenvalue weighted by Gasteiger charge is -2.21. The van der Waals surface area contributed by atoms with Gasteiger partial charge >= 0.3 is 0 Å². The minimum atomic E-state index is -0.123. The van der Waals surface area contributed by atoms with E-state index in [9.17, 15) is 4.79 Å². The monoisotopic (exact) mass is 464 g/mol. The van der Waals surface area contributed by atoms with Gasteiger partial charge in [-0.1, -0.05) is 6.92 Å². The van der Waals surface area contributed by atoms with Gasteiger partial charge in [0, 0.05) is 51.2 Å². The molecule has 34 heavy (non-hydrogen) atoms. The van der Waals surface area contributed by atoms with E-state index in [4.69, 9.17) is 9.84 Å². The number of hydrogen-bond acceptors (Lipinski definition) is 8. The Morgan fingerprint density at radius 1 is 1.06 bits per heavy atom. The molecule has 0 saturated carbocycles. The standard InChI is InChI=1S/C24H32N8O2/c1-16-13-30(15-21-25-10-18(11-26-21)31-6-2-3-7-31)14-19(16)22-28-24(33)20-12-27-23(32(20)29-22)17-4-8-34-9-5-17/h10-12,16-17,19H,2-9,13-15H2,1H3,(H,28,29,33). The number of rotatable bonds is 5. The normalized spacial score (nSPS) is 24.4. The van der Waals surface area contributed by atoms with E-state index in [1.54, 1.807) is 10.7 Å². The van der Waals surface area contributed by atoms with Crippen molar-refractivity contribution in [3.05, 3.63) is 46.4 Å². The van der Waals surface area contributed by atoms with Crippen molar-refractivity contribution in [2.24, 2.45) is 5.92 Å². The van der Waals surface area contributed by atoms with Crippen LogP contribution in [0, 0.1) is 5.92 Å². The molecule has 3 aliphatic rings. The van der Waals surface area contributed by atoms with E-state index in [0.717, 1.165) is 75.4 Å². The molecule has 6 rings (SSSR count). The average molecular weight is 465 g/mol. The number of nitrogens with one attached hydrogen (secondary N) is 1. The zero-order valence-electron chi connectivity index (χ0n) is 19.7. The molecule has 3 aromatic rings. The lowest BCUT2D eigenvalue weighted by atomic mass is 9.97. The number of anilines is 1. The highest BCUT2D eigenvalue weighted by Crippen LogP contribution is 2.31. The molecule has 2 unspecified atom stereocenters. The van der Waals surface area contributed by atoms with Crippen LogP contribution in [0.25, 0.3) is 5.52 Å². The Balaban J connectivity index is 1.19. The summed E-state index contributed by atoms with van der Waals surface area (Å²) in [5.41, 5.74) is 1.51. The predicted molar refractivity (Wildman–Crippen MR) is 127 cm³/mol. The first-order chi connectivity index (χ1) is 16.7. The van der Waals surface area contributed by atoms with E-state index in [1.807, 2.05) is 12.4 Å². The first-order valence-corrected chi connectivity index (χ1v) is 12.5. The van der Waals surface area contributed by atoms with Crippen LogP contribution in [0.2, 0.25) is 0 Å². The van der Waals surface area contributed by atoms with Gasteiger partial charge in [0.2, 0.25) is 0 Å². The van der Waals surface area contributed by atoms with Crippen molar-refractivity contribution >= 4 is 11.2 Å². The maximum atomic E-state index is 12.9. The Morgan fingerprint density at radius 2 is 1.82 bits per heavy atom. The van der Waals surface area contributed by atoms with Crippen molar-refractivity contribution in [2.45, 2.75) is 51.0 Å². The molecule has 2 atom stereocenters. The van der Waals surface area contributed by atoms with Gasteiger partial charge in [-0.25, -0.2) is 19.5 Å². The second-order valence-corrected chi connectivity index (χ2v) is 9.97. The highest BCUT2D eigenvalue weighted by molar-refractivity contribution is 5.43. The van der Waals surface area contributed by atoms with E-state index >= 15 is 0 Å². The SMILES string of the molecule is CC1CN(Cc2ncc(N3CCCC3)cn2)CC1c1nn2c(C3CCOCC3)ncc2c(=O)[nH]1. The van der Waals surface area contributed by atoms with E-state index < -0.39 is 0 Å². The van der Waals surface area contributed by atoms with E-state index in [-0.39, 0.29) is 17.4 Å². The van der Waals surface area contributed by atoms with Gasteiger partial charge in [-0.05, 0) is 31.6 Å². The second-order valence-electron chi connectivity index (χ2n) is 9.97. The third-order valence-corrected chi connectivity index (χ3v) is 7.60. The quantitative estimate of drug-likeness (QED) is 0.611. The van der Waals surface area contributed by atoms with Gasteiger partial charge in [-0.3, -0.25) is 9.69 Å². The number of nitrogens with zero attached hydrogens (tertiary/aromatic N) is 7. The van der Waals surface area contributed by atoms with Gasteiger partial charge < -0.3 is 14.6 Å². The van der Waals surface area contributed by atoms with E-state index in [1.165, 1.54) is 12.8 Å². The Hall–Kier alpha value is -2.85. The fraction of sp³-hybridized carbons (Fsp3) is 0.625. The molecule has 10 nitrogen and oxygen atoms in total. The van der Waals surface area contributed by atoms with Crippen LogP contribution in [0.4, 0.5) is 5.69 Å². The van der Waals surface area contributed by atoms with Crippen LogP contribution < -0.4 is 10.5 Å².